The van der Waals surface area contributed by atoms with Crippen LogP contribution in [0.1, 0.15) is 33.1 Å². The number of aliphatic hydroxyl groups is 1. The van der Waals surface area contributed by atoms with E-state index in [1.165, 1.54) is 0 Å². The molecule has 0 aromatic rings. The van der Waals surface area contributed by atoms with E-state index in [1.54, 1.807) is 0 Å². The SMILES string of the molecule is CC(C)OC[C@@H]1CCC[C@H]1O. The van der Waals surface area contributed by atoms with Crippen LogP contribution in [0.3, 0.4) is 0 Å². The summed E-state index contributed by atoms with van der Waals surface area (Å²) in [5, 5.41) is 9.42. The van der Waals surface area contributed by atoms with Crippen molar-refractivity contribution in [3.8, 4) is 0 Å². The lowest BCUT2D eigenvalue weighted by Gasteiger charge is -2.16. The maximum Gasteiger partial charge on any atom is 0.0590 e. The van der Waals surface area contributed by atoms with Crippen molar-refractivity contribution in [2.45, 2.75) is 45.3 Å². The van der Waals surface area contributed by atoms with Gasteiger partial charge in [0.15, 0.2) is 0 Å². The Hall–Kier alpha value is -0.0800. The van der Waals surface area contributed by atoms with Crippen LogP contribution in [-0.2, 0) is 4.74 Å². The summed E-state index contributed by atoms with van der Waals surface area (Å²) in [6.07, 6.45) is 3.45. The van der Waals surface area contributed by atoms with E-state index in [1.807, 2.05) is 13.8 Å². The van der Waals surface area contributed by atoms with Crippen molar-refractivity contribution in [3.63, 3.8) is 0 Å². The summed E-state index contributed by atoms with van der Waals surface area (Å²) in [6, 6.07) is 0. The topological polar surface area (TPSA) is 29.5 Å². The van der Waals surface area contributed by atoms with Crippen LogP contribution in [-0.4, -0.2) is 23.9 Å². The zero-order valence-corrected chi connectivity index (χ0v) is 7.42. The molecule has 0 aromatic carbocycles. The molecule has 1 N–H and O–H groups in total. The Morgan fingerprint density at radius 1 is 1.45 bits per heavy atom. The van der Waals surface area contributed by atoms with Crippen LogP contribution in [0, 0.1) is 5.92 Å². The molecule has 2 heteroatoms. The van der Waals surface area contributed by atoms with Crippen LogP contribution in [0.15, 0.2) is 0 Å². The molecule has 11 heavy (non-hydrogen) atoms. The van der Waals surface area contributed by atoms with Crippen LogP contribution < -0.4 is 0 Å². The molecule has 0 unspecified atom stereocenters. The van der Waals surface area contributed by atoms with Crippen LogP contribution in [0.2, 0.25) is 0 Å². The summed E-state index contributed by atoms with van der Waals surface area (Å²) >= 11 is 0. The van der Waals surface area contributed by atoms with E-state index in [0.29, 0.717) is 12.0 Å². The van der Waals surface area contributed by atoms with Gasteiger partial charge in [0.1, 0.15) is 0 Å². The summed E-state index contributed by atoms with van der Waals surface area (Å²) in [7, 11) is 0. The predicted molar refractivity (Wildman–Crippen MR) is 44.4 cm³/mol. The Balaban J connectivity index is 2.15. The number of ether oxygens (including phenoxy) is 1. The van der Waals surface area contributed by atoms with Crippen LogP contribution >= 0.6 is 0 Å². The van der Waals surface area contributed by atoms with Gasteiger partial charge in [-0.25, -0.2) is 0 Å². The molecule has 1 rings (SSSR count). The van der Waals surface area contributed by atoms with Gasteiger partial charge < -0.3 is 9.84 Å². The van der Waals surface area contributed by atoms with Gasteiger partial charge in [-0.15, -0.1) is 0 Å². The Labute approximate surface area is 68.6 Å². The molecular formula is C9H18O2. The van der Waals surface area contributed by atoms with E-state index in [2.05, 4.69) is 0 Å². The molecule has 1 fully saturated rings. The molecule has 1 saturated carbocycles. The Morgan fingerprint density at radius 3 is 2.64 bits per heavy atom. The summed E-state index contributed by atoms with van der Waals surface area (Å²) in [5.74, 6) is 0.400. The molecule has 0 radical (unpaired) electrons. The molecule has 0 spiro atoms. The van der Waals surface area contributed by atoms with E-state index in [9.17, 15) is 5.11 Å². The first-order valence-electron chi connectivity index (χ1n) is 4.50. The van der Waals surface area contributed by atoms with Crippen molar-refractivity contribution >= 4 is 0 Å². The highest BCUT2D eigenvalue weighted by Gasteiger charge is 2.25. The van der Waals surface area contributed by atoms with E-state index in [4.69, 9.17) is 4.74 Å². The first-order valence-corrected chi connectivity index (χ1v) is 4.50. The monoisotopic (exact) mass is 158 g/mol. The largest absolute Gasteiger partial charge is 0.393 e. The molecule has 0 aliphatic heterocycles. The summed E-state index contributed by atoms with van der Waals surface area (Å²) in [4.78, 5) is 0. The van der Waals surface area contributed by atoms with E-state index >= 15 is 0 Å². The van der Waals surface area contributed by atoms with Crippen molar-refractivity contribution < 1.29 is 9.84 Å². The van der Waals surface area contributed by atoms with Gasteiger partial charge in [-0.3, -0.25) is 0 Å². The Morgan fingerprint density at radius 2 is 2.18 bits per heavy atom. The fraction of sp³-hybridized carbons (Fsp3) is 1.00. The van der Waals surface area contributed by atoms with Crippen LogP contribution in [0.4, 0.5) is 0 Å². The fourth-order valence-electron chi connectivity index (χ4n) is 1.53. The molecule has 2 nitrogen and oxygen atoms in total. The molecule has 0 amide bonds. The molecule has 1 aliphatic carbocycles. The quantitative estimate of drug-likeness (QED) is 0.675. The molecule has 0 heterocycles. The molecule has 0 bridgehead atoms. The number of hydrogen-bond acceptors (Lipinski definition) is 2. The highest BCUT2D eigenvalue weighted by molar-refractivity contribution is 4.76. The predicted octanol–water partition coefficient (Wildman–Crippen LogP) is 1.57. The van der Waals surface area contributed by atoms with Gasteiger partial charge in [-0.05, 0) is 26.7 Å². The first-order chi connectivity index (χ1) is 5.20. The smallest absolute Gasteiger partial charge is 0.0590 e. The van der Waals surface area contributed by atoms with Gasteiger partial charge in [0.25, 0.3) is 0 Å². The summed E-state index contributed by atoms with van der Waals surface area (Å²) in [5.41, 5.74) is 0. The van der Waals surface area contributed by atoms with Crippen LogP contribution in [0.5, 0.6) is 0 Å². The lowest BCUT2D eigenvalue weighted by Crippen LogP contribution is -2.20. The van der Waals surface area contributed by atoms with Gasteiger partial charge >= 0.3 is 0 Å². The van der Waals surface area contributed by atoms with Gasteiger partial charge in [-0.1, -0.05) is 6.42 Å². The lowest BCUT2D eigenvalue weighted by molar-refractivity contribution is 0.0150. The second kappa shape index (κ2) is 4.07. The van der Waals surface area contributed by atoms with Crippen molar-refractivity contribution in [2.75, 3.05) is 6.61 Å². The average Bonchev–Trinajstić information content (AvgIpc) is 2.31. The average molecular weight is 158 g/mol. The normalized spacial score (nSPS) is 31.6. The third kappa shape index (κ3) is 2.80. The highest BCUT2D eigenvalue weighted by atomic mass is 16.5. The second-order valence-electron chi connectivity index (χ2n) is 3.64. The zero-order valence-electron chi connectivity index (χ0n) is 7.42. The van der Waals surface area contributed by atoms with Crippen molar-refractivity contribution in [3.05, 3.63) is 0 Å². The van der Waals surface area contributed by atoms with Crippen molar-refractivity contribution in [2.24, 2.45) is 5.92 Å². The maximum atomic E-state index is 9.42. The Kier molecular flexibility index (Phi) is 3.34. The zero-order chi connectivity index (χ0) is 8.27. The molecule has 0 aromatic heterocycles. The molecule has 2 atom stereocenters. The van der Waals surface area contributed by atoms with Gasteiger partial charge in [0, 0.05) is 5.92 Å². The summed E-state index contributed by atoms with van der Waals surface area (Å²) < 4.78 is 5.44. The fourth-order valence-corrected chi connectivity index (χ4v) is 1.53. The van der Waals surface area contributed by atoms with Gasteiger partial charge in [-0.2, -0.15) is 0 Å². The van der Waals surface area contributed by atoms with Gasteiger partial charge in [0.05, 0.1) is 18.8 Å². The molecular weight excluding hydrogens is 140 g/mol. The van der Waals surface area contributed by atoms with E-state index in [-0.39, 0.29) is 6.10 Å². The first kappa shape index (κ1) is 9.01. The minimum absolute atomic E-state index is 0.103. The molecule has 1 aliphatic rings. The van der Waals surface area contributed by atoms with E-state index in [0.717, 1.165) is 25.9 Å². The minimum atomic E-state index is -0.103. The number of rotatable bonds is 3. The Bertz CT molecular complexity index is 112. The van der Waals surface area contributed by atoms with E-state index < -0.39 is 0 Å². The highest BCUT2D eigenvalue weighted by Crippen LogP contribution is 2.25. The second-order valence-corrected chi connectivity index (χ2v) is 3.64. The van der Waals surface area contributed by atoms with Crippen LogP contribution in [0.25, 0.3) is 0 Å². The van der Waals surface area contributed by atoms with Crippen molar-refractivity contribution in [1.82, 2.24) is 0 Å². The third-order valence-electron chi connectivity index (χ3n) is 2.26. The number of aliphatic hydroxyl groups excluding tert-OH is 1. The molecule has 66 valence electrons. The standard InChI is InChI=1S/C9H18O2/c1-7(2)11-6-8-4-3-5-9(8)10/h7-10H,3-6H2,1-2H3/t8-,9+/m0/s1. The van der Waals surface area contributed by atoms with Gasteiger partial charge in [0.2, 0.25) is 0 Å². The maximum absolute atomic E-state index is 9.42. The third-order valence-corrected chi connectivity index (χ3v) is 2.26. The van der Waals surface area contributed by atoms with Crippen molar-refractivity contribution in [1.29, 1.82) is 0 Å². The lowest BCUT2D eigenvalue weighted by atomic mass is 10.1. The number of hydrogen-bond donors (Lipinski definition) is 1. The molecule has 0 saturated heterocycles. The summed E-state index contributed by atoms with van der Waals surface area (Å²) in [6.45, 7) is 4.79. The minimum Gasteiger partial charge on any atom is -0.393 e.